The third-order valence-electron chi connectivity index (χ3n) is 3.69. The minimum Gasteiger partial charge on any atom is -0.370 e. The molecule has 0 saturated carbocycles. The number of aryl methyl sites for hydroxylation is 1. The van der Waals surface area contributed by atoms with Crippen molar-refractivity contribution in [3.63, 3.8) is 0 Å². The molecule has 1 aliphatic carbocycles. The molecule has 0 aliphatic heterocycles. The van der Waals surface area contributed by atoms with Gasteiger partial charge in [0.1, 0.15) is 5.69 Å². The molecule has 0 spiro atoms. The van der Waals surface area contributed by atoms with Crippen molar-refractivity contribution in [1.29, 1.82) is 0 Å². The van der Waals surface area contributed by atoms with Gasteiger partial charge >= 0.3 is 0 Å². The first-order chi connectivity index (χ1) is 10.1. The minimum absolute atomic E-state index is 0.0599. The van der Waals surface area contributed by atoms with E-state index in [4.69, 9.17) is 11.6 Å². The van der Waals surface area contributed by atoms with E-state index in [9.17, 15) is 14.5 Å². The lowest BCUT2D eigenvalue weighted by Crippen LogP contribution is -2.10. The summed E-state index contributed by atoms with van der Waals surface area (Å²) in [6.07, 6.45) is 1.57. The van der Waals surface area contributed by atoms with E-state index in [0.717, 1.165) is 24.0 Å². The molecule has 1 N–H and O–H groups in total. The van der Waals surface area contributed by atoms with Gasteiger partial charge in [-0.3, -0.25) is 10.1 Å². The fourth-order valence-corrected chi connectivity index (χ4v) is 2.91. The van der Waals surface area contributed by atoms with Crippen molar-refractivity contribution in [3.05, 3.63) is 68.5 Å². The first-order valence-electron chi connectivity index (χ1n) is 6.54. The zero-order valence-electron chi connectivity index (χ0n) is 11.0. The van der Waals surface area contributed by atoms with E-state index in [2.05, 4.69) is 5.32 Å². The summed E-state index contributed by atoms with van der Waals surface area (Å²) in [5, 5.41) is 14.7. The Morgan fingerprint density at radius 3 is 2.90 bits per heavy atom. The maximum Gasteiger partial charge on any atom is 0.295 e. The molecule has 108 valence electrons. The molecule has 0 radical (unpaired) electrons. The van der Waals surface area contributed by atoms with Crippen LogP contribution in [0.4, 0.5) is 15.8 Å². The van der Waals surface area contributed by atoms with Crippen molar-refractivity contribution in [1.82, 2.24) is 0 Å². The highest BCUT2D eigenvalue weighted by Crippen LogP contribution is 2.38. The van der Waals surface area contributed by atoms with E-state index in [1.807, 2.05) is 12.1 Å². The summed E-state index contributed by atoms with van der Waals surface area (Å²) in [6.45, 7) is 0. The molecule has 2 aromatic rings. The Morgan fingerprint density at radius 1 is 1.33 bits per heavy atom. The zero-order valence-corrected chi connectivity index (χ0v) is 11.7. The summed E-state index contributed by atoms with van der Waals surface area (Å²) in [5.74, 6) is -0.619. The van der Waals surface area contributed by atoms with Crippen molar-refractivity contribution < 1.29 is 9.31 Å². The lowest BCUT2D eigenvalue weighted by molar-refractivity contribution is -0.384. The van der Waals surface area contributed by atoms with Gasteiger partial charge < -0.3 is 5.32 Å². The van der Waals surface area contributed by atoms with Gasteiger partial charge in [0.15, 0.2) is 5.82 Å². The molecule has 1 unspecified atom stereocenters. The molecule has 1 aliphatic rings. The molecule has 0 heterocycles. The zero-order chi connectivity index (χ0) is 15.0. The molecule has 0 saturated heterocycles. The second-order valence-corrected chi connectivity index (χ2v) is 5.41. The molecule has 0 bridgehead atoms. The lowest BCUT2D eigenvalue weighted by atomic mass is 10.1. The number of nitrogens with zero attached hydrogens (tertiary/aromatic N) is 1. The van der Waals surface area contributed by atoms with Gasteiger partial charge in [-0.1, -0.05) is 23.7 Å². The van der Waals surface area contributed by atoms with Crippen LogP contribution in [0.3, 0.4) is 0 Å². The number of fused-ring (bicyclic) bond motifs is 1. The van der Waals surface area contributed by atoms with Gasteiger partial charge in [0.25, 0.3) is 5.69 Å². The Kier molecular flexibility index (Phi) is 3.51. The van der Waals surface area contributed by atoms with Crippen LogP contribution >= 0.6 is 11.6 Å². The topological polar surface area (TPSA) is 55.2 Å². The van der Waals surface area contributed by atoms with Crippen LogP contribution in [0.2, 0.25) is 5.02 Å². The molecule has 4 nitrogen and oxygen atoms in total. The van der Waals surface area contributed by atoms with Gasteiger partial charge in [-0.2, -0.15) is 0 Å². The van der Waals surface area contributed by atoms with E-state index in [1.54, 1.807) is 6.07 Å². The van der Waals surface area contributed by atoms with E-state index in [-0.39, 0.29) is 17.4 Å². The summed E-state index contributed by atoms with van der Waals surface area (Å²) in [5.41, 5.74) is 1.80. The maximum absolute atomic E-state index is 13.9. The predicted octanol–water partition coefficient (Wildman–Crippen LogP) is 4.49. The molecule has 0 aromatic heterocycles. The van der Waals surface area contributed by atoms with Gasteiger partial charge in [0, 0.05) is 11.1 Å². The molecule has 21 heavy (non-hydrogen) atoms. The first kappa shape index (κ1) is 13.8. The molecule has 2 aromatic carbocycles. The highest BCUT2D eigenvalue weighted by Gasteiger charge is 2.26. The third kappa shape index (κ3) is 2.56. The number of benzene rings is 2. The van der Waals surface area contributed by atoms with E-state index >= 15 is 0 Å². The highest BCUT2D eigenvalue weighted by atomic mass is 35.5. The lowest BCUT2D eigenvalue weighted by Gasteiger charge is -2.16. The van der Waals surface area contributed by atoms with Crippen molar-refractivity contribution in [2.24, 2.45) is 0 Å². The number of hydrogen-bond acceptors (Lipinski definition) is 3. The molecule has 0 amide bonds. The minimum atomic E-state index is -0.619. The van der Waals surface area contributed by atoms with Gasteiger partial charge in [-0.15, -0.1) is 0 Å². The van der Waals surface area contributed by atoms with Gasteiger partial charge in [-0.05, 0) is 42.2 Å². The van der Waals surface area contributed by atoms with Crippen LogP contribution < -0.4 is 5.32 Å². The van der Waals surface area contributed by atoms with Crippen molar-refractivity contribution in [3.8, 4) is 0 Å². The van der Waals surface area contributed by atoms with Crippen LogP contribution in [0.5, 0.6) is 0 Å². The van der Waals surface area contributed by atoms with Crippen LogP contribution in [0, 0.1) is 15.9 Å². The normalized spacial score (nSPS) is 16.6. The average molecular weight is 307 g/mol. The molecular formula is C15H12ClFN2O2. The van der Waals surface area contributed by atoms with Crippen LogP contribution in [0.25, 0.3) is 0 Å². The summed E-state index contributed by atoms with van der Waals surface area (Å²) < 4.78 is 13.9. The van der Waals surface area contributed by atoms with Crippen molar-refractivity contribution in [2.45, 2.75) is 18.9 Å². The number of anilines is 1. The number of hydrogen-bond donors (Lipinski definition) is 1. The second kappa shape index (κ2) is 5.33. The number of para-hydroxylation sites is 1. The summed E-state index contributed by atoms with van der Waals surface area (Å²) in [4.78, 5) is 10.4. The fourth-order valence-electron chi connectivity index (χ4n) is 2.72. The van der Waals surface area contributed by atoms with Crippen molar-refractivity contribution in [2.75, 3.05) is 5.32 Å². The summed E-state index contributed by atoms with van der Waals surface area (Å²) >= 11 is 5.95. The fraction of sp³-hybridized carbons (Fsp3) is 0.200. The van der Waals surface area contributed by atoms with E-state index < -0.39 is 10.7 Å². The van der Waals surface area contributed by atoms with Crippen LogP contribution in [-0.4, -0.2) is 4.92 Å². The number of nitro benzene ring substituents is 1. The Labute approximate surface area is 125 Å². The van der Waals surface area contributed by atoms with E-state index in [0.29, 0.717) is 5.02 Å². The van der Waals surface area contributed by atoms with Crippen molar-refractivity contribution >= 4 is 23.0 Å². The monoisotopic (exact) mass is 306 g/mol. The predicted molar refractivity (Wildman–Crippen MR) is 79.2 cm³/mol. The molecular weight excluding hydrogens is 295 g/mol. The Balaban J connectivity index is 1.95. The highest BCUT2D eigenvalue weighted by molar-refractivity contribution is 6.30. The number of halogens is 2. The molecule has 1 atom stereocenters. The third-order valence-corrected chi connectivity index (χ3v) is 3.92. The number of nitro groups is 1. The molecule has 3 rings (SSSR count). The standard InChI is InChI=1S/C15H12ClFN2O2/c16-10-5-6-11-9(8-10)4-7-13(11)18-15-12(17)2-1-3-14(15)19(20)21/h1-3,5-6,8,13,18H,4,7H2. The Hall–Kier alpha value is -2.14. The summed E-state index contributed by atoms with van der Waals surface area (Å²) in [7, 11) is 0. The number of nitrogens with one attached hydrogen (secondary N) is 1. The van der Waals surface area contributed by atoms with Crippen LogP contribution in [0.1, 0.15) is 23.6 Å². The van der Waals surface area contributed by atoms with Crippen LogP contribution in [-0.2, 0) is 6.42 Å². The van der Waals surface area contributed by atoms with Gasteiger partial charge in [0.2, 0.25) is 0 Å². The smallest absolute Gasteiger partial charge is 0.295 e. The van der Waals surface area contributed by atoms with Gasteiger partial charge in [0.05, 0.1) is 11.0 Å². The molecule has 0 fully saturated rings. The number of rotatable bonds is 3. The first-order valence-corrected chi connectivity index (χ1v) is 6.92. The SMILES string of the molecule is O=[N+]([O-])c1cccc(F)c1NC1CCc2cc(Cl)ccc21. The largest absolute Gasteiger partial charge is 0.370 e. The Bertz CT molecular complexity index is 721. The molecule has 6 heteroatoms. The summed E-state index contributed by atoms with van der Waals surface area (Å²) in [6, 6.07) is 9.24. The van der Waals surface area contributed by atoms with Crippen LogP contribution in [0.15, 0.2) is 36.4 Å². The quantitative estimate of drug-likeness (QED) is 0.671. The maximum atomic E-state index is 13.9. The second-order valence-electron chi connectivity index (χ2n) is 4.97. The Morgan fingerprint density at radius 2 is 2.14 bits per heavy atom. The van der Waals surface area contributed by atoms with Gasteiger partial charge in [-0.25, -0.2) is 4.39 Å². The van der Waals surface area contributed by atoms with E-state index in [1.165, 1.54) is 18.2 Å². The average Bonchev–Trinajstić information content (AvgIpc) is 2.83.